The average molecular weight is 206 g/mol. The molecule has 4 heteroatoms. The van der Waals surface area contributed by atoms with Crippen LogP contribution in [0.2, 0.25) is 0 Å². The van der Waals surface area contributed by atoms with E-state index in [9.17, 15) is 4.79 Å². The van der Waals surface area contributed by atoms with Crippen LogP contribution in [0.15, 0.2) is 24.5 Å². The summed E-state index contributed by atoms with van der Waals surface area (Å²) in [6.07, 6.45) is 4.18. The maximum absolute atomic E-state index is 10.9. The minimum atomic E-state index is -0.696. The number of carboxylic acids is 1. The molecule has 0 aliphatic carbocycles. The fourth-order valence-electron chi connectivity index (χ4n) is 2.15. The van der Waals surface area contributed by atoms with Crippen molar-refractivity contribution in [3.63, 3.8) is 0 Å². The number of likely N-dealkylation sites (tertiary alicyclic amines) is 1. The van der Waals surface area contributed by atoms with Gasteiger partial charge in [0.2, 0.25) is 0 Å². The van der Waals surface area contributed by atoms with Crippen molar-refractivity contribution in [1.29, 1.82) is 0 Å². The third-order valence-corrected chi connectivity index (χ3v) is 2.99. The molecule has 0 radical (unpaired) electrons. The van der Waals surface area contributed by atoms with Gasteiger partial charge in [0.05, 0.1) is 5.92 Å². The van der Waals surface area contributed by atoms with Gasteiger partial charge in [-0.3, -0.25) is 14.7 Å². The molecular weight excluding hydrogens is 192 g/mol. The van der Waals surface area contributed by atoms with E-state index in [1.54, 1.807) is 12.4 Å². The first kappa shape index (κ1) is 10.1. The van der Waals surface area contributed by atoms with E-state index in [-0.39, 0.29) is 12.0 Å². The van der Waals surface area contributed by atoms with Gasteiger partial charge in [-0.25, -0.2) is 0 Å². The molecule has 0 saturated carbocycles. The van der Waals surface area contributed by atoms with E-state index in [0.717, 1.165) is 5.56 Å². The van der Waals surface area contributed by atoms with Crippen molar-refractivity contribution < 1.29 is 9.90 Å². The minimum absolute atomic E-state index is 0.217. The van der Waals surface area contributed by atoms with Crippen LogP contribution in [0.3, 0.4) is 0 Å². The molecule has 1 aliphatic rings. The lowest BCUT2D eigenvalue weighted by Crippen LogP contribution is -2.20. The van der Waals surface area contributed by atoms with Gasteiger partial charge in [0.1, 0.15) is 0 Å². The Kier molecular flexibility index (Phi) is 2.68. The van der Waals surface area contributed by atoms with Crippen LogP contribution in [0.1, 0.15) is 18.0 Å². The van der Waals surface area contributed by atoms with Crippen LogP contribution in [-0.4, -0.2) is 34.6 Å². The molecule has 1 fully saturated rings. The highest BCUT2D eigenvalue weighted by Crippen LogP contribution is 2.33. The third kappa shape index (κ3) is 1.99. The van der Waals surface area contributed by atoms with E-state index in [1.165, 1.54) is 0 Å². The number of rotatable bonds is 2. The lowest BCUT2D eigenvalue weighted by molar-refractivity contribution is -0.141. The molecule has 80 valence electrons. The second-order valence-corrected chi connectivity index (χ2v) is 4.01. The second-order valence-electron chi connectivity index (χ2n) is 4.01. The van der Waals surface area contributed by atoms with Gasteiger partial charge in [-0.15, -0.1) is 0 Å². The number of pyridine rings is 1. The number of carbonyl (C=O) groups is 1. The van der Waals surface area contributed by atoms with E-state index in [1.807, 2.05) is 19.2 Å². The van der Waals surface area contributed by atoms with Gasteiger partial charge in [0.25, 0.3) is 0 Å². The van der Waals surface area contributed by atoms with Crippen molar-refractivity contribution in [2.45, 2.75) is 12.5 Å². The highest BCUT2D eigenvalue weighted by Gasteiger charge is 2.34. The van der Waals surface area contributed by atoms with Crippen molar-refractivity contribution in [2.75, 3.05) is 13.6 Å². The lowest BCUT2D eigenvalue weighted by atomic mass is 10.0. The van der Waals surface area contributed by atoms with Gasteiger partial charge < -0.3 is 5.11 Å². The molecule has 2 heterocycles. The molecule has 0 aromatic carbocycles. The lowest BCUT2D eigenvalue weighted by Gasteiger charge is -2.18. The third-order valence-electron chi connectivity index (χ3n) is 2.99. The number of nitrogens with zero attached hydrogens (tertiary/aromatic N) is 2. The van der Waals surface area contributed by atoms with Crippen LogP contribution in [-0.2, 0) is 4.79 Å². The van der Waals surface area contributed by atoms with Crippen molar-refractivity contribution in [3.8, 4) is 0 Å². The molecule has 1 saturated heterocycles. The molecule has 0 bridgehead atoms. The first-order chi connectivity index (χ1) is 7.18. The zero-order valence-electron chi connectivity index (χ0n) is 8.63. The summed E-state index contributed by atoms with van der Waals surface area (Å²) >= 11 is 0. The molecule has 1 N–H and O–H groups in total. The van der Waals surface area contributed by atoms with E-state index in [2.05, 4.69) is 9.88 Å². The topological polar surface area (TPSA) is 53.4 Å². The predicted molar refractivity (Wildman–Crippen MR) is 55.4 cm³/mol. The van der Waals surface area contributed by atoms with Gasteiger partial charge in [-0.2, -0.15) is 0 Å². The summed E-state index contributed by atoms with van der Waals surface area (Å²) in [7, 11) is 1.97. The van der Waals surface area contributed by atoms with Gasteiger partial charge >= 0.3 is 5.97 Å². The van der Waals surface area contributed by atoms with Crippen LogP contribution < -0.4 is 0 Å². The maximum Gasteiger partial charge on any atom is 0.307 e. The summed E-state index contributed by atoms with van der Waals surface area (Å²) in [5, 5.41) is 8.96. The molecule has 0 spiro atoms. The Morgan fingerprint density at radius 1 is 1.53 bits per heavy atom. The van der Waals surface area contributed by atoms with Crippen LogP contribution >= 0.6 is 0 Å². The van der Waals surface area contributed by atoms with Gasteiger partial charge in [0.15, 0.2) is 0 Å². The fourth-order valence-corrected chi connectivity index (χ4v) is 2.15. The monoisotopic (exact) mass is 206 g/mol. The Balaban J connectivity index is 2.15. The highest BCUT2D eigenvalue weighted by molar-refractivity contribution is 5.70. The molecule has 4 nitrogen and oxygen atoms in total. The Hall–Kier alpha value is -1.42. The van der Waals surface area contributed by atoms with Crippen molar-refractivity contribution in [1.82, 2.24) is 9.88 Å². The van der Waals surface area contributed by atoms with E-state index in [0.29, 0.717) is 13.0 Å². The van der Waals surface area contributed by atoms with Gasteiger partial charge in [0, 0.05) is 25.0 Å². The molecular formula is C11H14N2O2. The highest BCUT2D eigenvalue weighted by atomic mass is 16.4. The molecule has 1 aliphatic heterocycles. The minimum Gasteiger partial charge on any atom is -0.481 e. The zero-order valence-corrected chi connectivity index (χ0v) is 8.63. The number of carboxylic acid groups (broad SMARTS) is 1. The second kappa shape index (κ2) is 3.98. The quantitative estimate of drug-likeness (QED) is 0.789. The predicted octanol–water partition coefficient (Wildman–Crippen LogP) is 1.16. The summed E-state index contributed by atoms with van der Waals surface area (Å²) in [5.74, 6) is -0.938. The van der Waals surface area contributed by atoms with Crippen molar-refractivity contribution in [3.05, 3.63) is 30.1 Å². The Morgan fingerprint density at radius 2 is 2.20 bits per heavy atom. The Labute approximate surface area is 88.6 Å². The van der Waals surface area contributed by atoms with E-state index >= 15 is 0 Å². The molecule has 2 rings (SSSR count). The molecule has 1 aromatic heterocycles. The summed E-state index contributed by atoms with van der Waals surface area (Å²) in [6, 6.07) is 4.12. The van der Waals surface area contributed by atoms with Crippen LogP contribution in [0, 0.1) is 5.92 Å². The molecule has 2 unspecified atom stereocenters. The molecule has 0 amide bonds. The van der Waals surface area contributed by atoms with E-state index in [4.69, 9.17) is 5.11 Å². The maximum atomic E-state index is 10.9. The van der Waals surface area contributed by atoms with Crippen molar-refractivity contribution in [2.24, 2.45) is 5.92 Å². The number of aliphatic carboxylic acids is 1. The normalized spacial score (nSPS) is 26.7. The summed E-state index contributed by atoms with van der Waals surface area (Å²) < 4.78 is 0. The summed E-state index contributed by atoms with van der Waals surface area (Å²) in [4.78, 5) is 16.9. The number of hydrogen-bond acceptors (Lipinski definition) is 3. The number of hydrogen-bond donors (Lipinski definition) is 1. The summed E-state index contributed by atoms with van der Waals surface area (Å²) in [6.45, 7) is 0.627. The average Bonchev–Trinajstić information content (AvgIpc) is 2.62. The SMILES string of the molecule is CN1CC(C(=O)O)CC1c1ccncc1. The Bertz CT molecular complexity index is 353. The first-order valence-electron chi connectivity index (χ1n) is 5.01. The van der Waals surface area contributed by atoms with Crippen LogP contribution in [0.4, 0.5) is 0 Å². The Morgan fingerprint density at radius 3 is 2.73 bits per heavy atom. The standard InChI is InChI=1S/C11H14N2O2/c1-13-7-9(11(14)15)6-10(13)8-2-4-12-5-3-8/h2-5,9-10H,6-7H2,1H3,(H,14,15). The molecule has 15 heavy (non-hydrogen) atoms. The van der Waals surface area contributed by atoms with Gasteiger partial charge in [-0.05, 0) is 31.2 Å². The van der Waals surface area contributed by atoms with E-state index < -0.39 is 5.97 Å². The molecule has 2 atom stereocenters. The van der Waals surface area contributed by atoms with Crippen LogP contribution in [0.25, 0.3) is 0 Å². The number of aromatic nitrogens is 1. The summed E-state index contributed by atoms with van der Waals surface area (Å²) in [5.41, 5.74) is 1.15. The smallest absolute Gasteiger partial charge is 0.307 e. The molecule has 1 aromatic rings. The van der Waals surface area contributed by atoms with Crippen molar-refractivity contribution >= 4 is 5.97 Å². The fraction of sp³-hybridized carbons (Fsp3) is 0.455. The van der Waals surface area contributed by atoms with Gasteiger partial charge in [-0.1, -0.05) is 0 Å². The zero-order chi connectivity index (χ0) is 10.8. The largest absolute Gasteiger partial charge is 0.481 e. The van der Waals surface area contributed by atoms with Crippen LogP contribution in [0.5, 0.6) is 0 Å². The first-order valence-corrected chi connectivity index (χ1v) is 5.01.